The van der Waals surface area contributed by atoms with E-state index in [-0.39, 0.29) is 5.56 Å². The number of aromatic nitrogens is 4. The summed E-state index contributed by atoms with van der Waals surface area (Å²) < 4.78 is 3.57. The van der Waals surface area contributed by atoms with Crippen molar-refractivity contribution in [2.75, 3.05) is 0 Å². The van der Waals surface area contributed by atoms with E-state index in [1.165, 1.54) is 19.3 Å². The van der Waals surface area contributed by atoms with Crippen LogP contribution in [0.1, 0.15) is 38.9 Å². The van der Waals surface area contributed by atoms with Crippen molar-refractivity contribution in [1.82, 2.24) is 24.5 Å². The number of benzene rings is 1. The Morgan fingerprint density at radius 1 is 1.20 bits per heavy atom. The van der Waals surface area contributed by atoms with E-state index in [1.54, 1.807) is 11.6 Å². The van der Waals surface area contributed by atoms with Gasteiger partial charge in [0.2, 0.25) is 5.78 Å². The zero-order valence-corrected chi connectivity index (χ0v) is 15.1. The molecule has 6 heteroatoms. The van der Waals surface area contributed by atoms with Crippen LogP contribution in [0.5, 0.6) is 0 Å². The lowest BCUT2D eigenvalue weighted by Crippen LogP contribution is -2.40. The monoisotopic (exact) mass is 339 g/mol. The fourth-order valence-corrected chi connectivity index (χ4v) is 4.10. The molecule has 4 rings (SSSR count). The summed E-state index contributed by atoms with van der Waals surface area (Å²) in [5.41, 5.74) is 0.831. The Balaban J connectivity index is 1.72. The summed E-state index contributed by atoms with van der Waals surface area (Å²) in [4.78, 5) is 12.5. The van der Waals surface area contributed by atoms with Gasteiger partial charge in [0, 0.05) is 13.1 Å². The molecule has 25 heavy (non-hydrogen) atoms. The third kappa shape index (κ3) is 2.65. The molecule has 2 heterocycles. The molecule has 0 bridgehead atoms. The van der Waals surface area contributed by atoms with Gasteiger partial charge in [-0.15, -0.1) is 10.2 Å². The maximum Gasteiger partial charge on any atom is 0.262 e. The van der Waals surface area contributed by atoms with Gasteiger partial charge in [-0.1, -0.05) is 38.8 Å². The minimum Gasteiger partial charge on any atom is -0.307 e. The second-order valence-electron chi connectivity index (χ2n) is 7.39. The predicted molar refractivity (Wildman–Crippen MR) is 98.5 cm³/mol. The number of aryl methyl sites for hydroxylation is 1. The van der Waals surface area contributed by atoms with E-state index in [4.69, 9.17) is 0 Å². The average molecular weight is 339 g/mol. The number of para-hydroxylation sites is 1. The molecule has 1 saturated carbocycles. The molecule has 1 N–H and O–H groups in total. The van der Waals surface area contributed by atoms with E-state index >= 15 is 0 Å². The molecule has 132 valence electrons. The molecule has 6 nitrogen and oxygen atoms in total. The van der Waals surface area contributed by atoms with Gasteiger partial charge in [0.05, 0.1) is 17.4 Å². The van der Waals surface area contributed by atoms with Gasteiger partial charge < -0.3 is 5.32 Å². The number of hydrogen-bond acceptors (Lipinski definition) is 4. The van der Waals surface area contributed by atoms with Gasteiger partial charge in [0.15, 0.2) is 5.82 Å². The van der Waals surface area contributed by atoms with E-state index in [1.807, 2.05) is 28.7 Å². The van der Waals surface area contributed by atoms with Gasteiger partial charge in [-0.2, -0.15) is 0 Å². The highest BCUT2D eigenvalue weighted by molar-refractivity contribution is 5.80. The number of hydrogen-bond donors (Lipinski definition) is 1. The maximum absolute atomic E-state index is 12.5. The molecule has 1 aromatic carbocycles. The Hall–Kier alpha value is -2.21. The van der Waals surface area contributed by atoms with E-state index in [2.05, 4.69) is 29.4 Å². The molecular weight excluding hydrogens is 314 g/mol. The van der Waals surface area contributed by atoms with E-state index < -0.39 is 0 Å². The minimum absolute atomic E-state index is 0.0373. The summed E-state index contributed by atoms with van der Waals surface area (Å²) in [6.07, 6.45) is 3.81. The third-order valence-corrected chi connectivity index (χ3v) is 5.92. The van der Waals surface area contributed by atoms with Crippen molar-refractivity contribution in [2.24, 2.45) is 18.9 Å². The lowest BCUT2D eigenvalue weighted by Gasteiger charge is -2.34. The van der Waals surface area contributed by atoms with Crippen LogP contribution in [0.4, 0.5) is 0 Å². The standard InChI is InChI=1S/C19H25N5O/c1-12-7-6-9-15(13(12)2)20-11-17-21-22-19-23(3)18(25)14-8-4-5-10-16(14)24(17)19/h4-5,8,10,12-13,15,20H,6-7,9,11H2,1-3H3/t12-,13-,15-/m1/s1. The van der Waals surface area contributed by atoms with Gasteiger partial charge in [-0.05, 0) is 30.4 Å². The second kappa shape index (κ2) is 6.26. The quantitative estimate of drug-likeness (QED) is 0.796. The molecule has 3 atom stereocenters. The Labute approximate surface area is 146 Å². The van der Waals surface area contributed by atoms with E-state index in [9.17, 15) is 4.79 Å². The molecular formula is C19H25N5O. The highest BCUT2D eigenvalue weighted by atomic mass is 16.1. The van der Waals surface area contributed by atoms with Crippen LogP contribution < -0.4 is 10.9 Å². The summed E-state index contributed by atoms with van der Waals surface area (Å²) in [5, 5.41) is 13.0. The summed E-state index contributed by atoms with van der Waals surface area (Å²) in [5.74, 6) is 2.86. The molecule has 2 aromatic heterocycles. The first-order valence-corrected chi connectivity index (χ1v) is 9.13. The highest BCUT2D eigenvalue weighted by Crippen LogP contribution is 2.29. The summed E-state index contributed by atoms with van der Waals surface area (Å²) in [6, 6.07) is 8.17. The molecule has 0 radical (unpaired) electrons. The van der Waals surface area contributed by atoms with E-state index in [0.717, 1.165) is 17.3 Å². The predicted octanol–water partition coefficient (Wildman–Crippen LogP) is 2.50. The molecule has 0 amide bonds. The van der Waals surface area contributed by atoms with Gasteiger partial charge in [-0.3, -0.25) is 13.8 Å². The van der Waals surface area contributed by atoms with Crippen molar-refractivity contribution >= 4 is 16.7 Å². The summed E-state index contributed by atoms with van der Waals surface area (Å²) in [7, 11) is 1.75. The van der Waals surface area contributed by atoms with Gasteiger partial charge in [-0.25, -0.2) is 0 Å². The SMILES string of the molecule is C[C@@H]1[C@H](C)CCC[C@H]1NCc1nnc2n(C)c(=O)c3ccccc3n12. The first-order chi connectivity index (χ1) is 12.1. The molecule has 0 spiro atoms. The van der Waals surface area contributed by atoms with Crippen molar-refractivity contribution in [3.63, 3.8) is 0 Å². The van der Waals surface area contributed by atoms with E-state index in [0.29, 0.717) is 29.7 Å². The highest BCUT2D eigenvalue weighted by Gasteiger charge is 2.27. The van der Waals surface area contributed by atoms with Crippen LogP contribution in [0.25, 0.3) is 16.7 Å². The largest absolute Gasteiger partial charge is 0.307 e. The molecule has 1 aliphatic carbocycles. The Morgan fingerprint density at radius 3 is 2.84 bits per heavy atom. The molecule has 3 aromatic rings. The molecule has 1 fully saturated rings. The van der Waals surface area contributed by atoms with Crippen molar-refractivity contribution in [1.29, 1.82) is 0 Å². The van der Waals surface area contributed by atoms with Crippen molar-refractivity contribution in [2.45, 2.75) is 45.7 Å². The van der Waals surface area contributed by atoms with Crippen LogP contribution in [0.3, 0.4) is 0 Å². The van der Waals surface area contributed by atoms with Crippen LogP contribution in [0.15, 0.2) is 29.1 Å². The van der Waals surface area contributed by atoms with Crippen molar-refractivity contribution in [3.8, 4) is 0 Å². The molecule has 1 aliphatic rings. The fraction of sp³-hybridized carbons (Fsp3) is 0.526. The summed E-state index contributed by atoms with van der Waals surface area (Å²) >= 11 is 0. The van der Waals surface area contributed by atoms with Gasteiger partial charge in [0.25, 0.3) is 5.56 Å². The zero-order chi connectivity index (χ0) is 17.6. The van der Waals surface area contributed by atoms with Crippen LogP contribution in [-0.2, 0) is 13.6 Å². The number of nitrogens with zero attached hydrogens (tertiary/aromatic N) is 4. The van der Waals surface area contributed by atoms with Crippen LogP contribution in [0, 0.1) is 11.8 Å². The smallest absolute Gasteiger partial charge is 0.262 e. The maximum atomic E-state index is 12.5. The normalized spacial score (nSPS) is 24.2. The first-order valence-electron chi connectivity index (χ1n) is 9.13. The topological polar surface area (TPSA) is 64.2 Å². The molecule has 0 unspecified atom stereocenters. The van der Waals surface area contributed by atoms with Gasteiger partial charge >= 0.3 is 0 Å². The summed E-state index contributed by atoms with van der Waals surface area (Å²) in [6.45, 7) is 5.34. The fourth-order valence-electron chi connectivity index (χ4n) is 4.10. The number of fused-ring (bicyclic) bond motifs is 3. The lowest BCUT2D eigenvalue weighted by molar-refractivity contribution is 0.205. The van der Waals surface area contributed by atoms with Crippen LogP contribution in [-0.4, -0.2) is 25.2 Å². The minimum atomic E-state index is -0.0373. The van der Waals surface area contributed by atoms with Crippen molar-refractivity contribution < 1.29 is 0 Å². The third-order valence-electron chi connectivity index (χ3n) is 5.92. The molecule has 0 aliphatic heterocycles. The van der Waals surface area contributed by atoms with Crippen molar-refractivity contribution in [3.05, 3.63) is 40.4 Å². The number of rotatable bonds is 3. The first kappa shape index (κ1) is 16.3. The Bertz CT molecular complexity index is 973. The van der Waals surface area contributed by atoms with Gasteiger partial charge in [0.1, 0.15) is 0 Å². The lowest BCUT2D eigenvalue weighted by atomic mass is 9.78. The van der Waals surface area contributed by atoms with Crippen LogP contribution in [0.2, 0.25) is 0 Å². The second-order valence-corrected chi connectivity index (χ2v) is 7.39. The average Bonchev–Trinajstić information content (AvgIpc) is 3.05. The Kier molecular flexibility index (Phi) is 4.07. The Morgan fingerprint density at radius 2 is 2.00 bits per heavy atom. The number of nitrogens with one attached hydrogen (secondary N) is 1. The van der Waals surface area contributed by atoms with Crippen LogP contribution >= 0.6 is 0 Å². The molecule has 0 saturated heterocycles. The zero-order valence-electron chi connectivity index (χ0n) is 15.1.